The monoisotopic (exact) mass is 427 g/mol. The van der Waals surface area contributed by atoms with Gasteiger partial charge in [0, 0.05) is 24.7 Å². The van der Waals surface area contributed by atoms with Crippen LogP contribution in [-0.4, -0.2) is 49.6 Å². The molecule has 8 heteroatoms. The van der Waals surface area contributed by atoms with E-state index < -0.39 is 0 Å². The van der Waals surface area contributed by atoms with Gasteiger partial charge in [-0.15, -0.1) is 0 Å². The van der Waals surface area contributed by atoms with Crippen LogP contribution < -0.4 is 5.32 Å². The number of carbonyl (C=O) groups is 2. The fourth-order valence-electron chi connectivity index (χ4n) is 4.19. The third kappa shape index (κ3) is 3.66. The Morgan fingerprint density at radius 1 is 1.09 bits per heavy atom. The molecule has 8 nitrogen and oxygen atoms in total. The van der Waals surface area contributed by atoms with Gasteiger partial charge in [-0.3, -0.25) is 19.7 Å². The highest BCUT2D eigenvalue weighted by Gasteiger charge is 2.31. The molecule has 4 aromatic rings. The normalized spacial score (nSPS) is 15.4. The van der Waals surface area contributed by atoms with Crippen LogP contribution in [0.3, 0.4) is 0 Å². The molecule has 2 aromatic carbocycles. The van der Waals surface area contributed by atoms with Gasteiger partial charge in [-0.2, -0.15) is 5.10 Å². The third-order valence-corrected chi connectivity index (χ3v) is 5.81. The first kappa shape index (κ1) is 19.7. The highest BCUT2D eigenvalue weighted by Crippen LogP contribution is 2.25. The molecular weight excluding hydrogens is 406 g/mol. The summed E-state index contributed by atoms with van der Waals surface area (Å²) in [7, 11) is 0. The smallest absolute Gasteiger partial charge is 0.256 e. The van der Waals surface area contributed by atoms with E-state index in [2.05, 4.69) is 20.5 Å². The van der Waals surface area contributed by atoms with Crippen LogP contribution in [0.1, 0.15) is 31.8 Å². The lowest BCUT2D eigenvalue weighted by atomic mass is 9.93. The van der Waals surface area contributed by atoms with Crippen molar-refractivity contribution in [2.24, 2.45) is 0 Å². The highest BCUT2D eigenvalue weighted by atomic mass is 16.3. The fourth-order valence-corrected chi connectivity index (χ4v) is 4.19. The quantitative estimate of drug-likeness (QED) is 0.464. The molecule has 3 heterocycles. The van der Waals surface area contributed by atoms with Gasteiger partial charge < -0.3 is 15.3 Å². The molecule has 5 rings (SSSR count). The Labute approximate surface area is 183 Å². The van der Waals surface area contributed by atoms with E-state index in [1.54, 1.807) is 23.2 Å². The number of rotatable bonds is 4. The molecule has 1 atom stereocenters. The molecule has 0 saturated heterocycles. The number of pyridine rings is 1. The minimum atomic E-state index is -0.243. The van der Waals surface area contributed by atoms with Crippen molar-refractivity contribution in [1.29, 1.82) is 0 Å². The summed E-state index contributed by atoms with van der Waals surface area (Å²) in [6.07, 6.45) is 4.98. The molecule has 1 aliphatic rings. The van der Waals surface area contributed by atoms with Crippen molar-refractivity contribution in [1.82, 2.24) is 25.4 Å². The standard InChI is InChI=1S/C24H21N5O3/c30-19-9-17(10-25-12-19)24(32)29-14-16-5-2-1-4-15(16)8-18(29)11-26-23(31)20-6-3-7-22-21(20)13-27-28-22/h1-7,9-10,12-13,18,30H,8,11,14H2,(H,26,31)(H,27,28). The number of carbonyl (C=O) groups excluding carboxylic acids is 2. The average molecular weight is 427 g/mol. The first-order valence-electron chi connectivity index (χ1n) is 10.3. The highest BCUT2D eigenvalue weighted by molar-refractivity contribution is 6.06. The van der Waals surface area contributed by atoms with Gasteiger partial charge in [0.2, 0.25) is 0 Å². The third-order valence-electron chi connectivity index (χ3n) is 5.81. The summed E-state index contributed by atoms with van der Waals surface area (Å²) in [5.41, 5.74) is 3.85. The number of fused-ring (bicyclic) bond motifs is 2. The second kappa shape index (κ2) is 8.14. The minimum absolute atomic E-state index is 0.0636. The summed E-state index contributed by atoms with van der Waals surface area (Å²) in [4.78, 5) is 31.9. The van der Waals surface area contributed by atoms with Crippen LogP contribution >= 0.6 is 0 Å². The molecule has 0 saturated carbocycles. The van der Waals surface area contributed by atoms with Crippen molar-refractivity contribution >= 4 is 22.7 Å². The summed E-state index contributed by atoms with van der Waals surface area (Å²) < 4.78 is 0. The Morgan fingerprint density at radius 3 is 2.78 bits per heavy atom. The molecule has 0 aliphatic carbocycles. The zero-order valence-corrected chi connectivity index (χ0v) is 17.2. The first-order chi connectivity index (χ1) is 15.6. The number of aromatic nitrogens is 3. The second-order valence-corrected chi connectivity index (χ2v) is 7.84. The van der Waals surface area contributed by atoms with E-state index in [0.717, 1.165) is 22.0 Å². The fraction of sp³-hybridized carbons (Fsp3) is 0.167. The van der Waals surface area contributed by atoms with Crippen molar-refractivity contribution < 1.29 is 14.7 Å². The van der Waals surface area contributed by atoms with Gasteiger partial charge >= 0.3 is 0 Å². The van der Waals surface area contributed by atoms with E-state index in [9.17, 15) is 14.7 Å². The molecule has 0 radical (unpaired) electrons. The number of aromatic amines is 1. The summed E-state index contributed by atoms with van der Waals surface area (Å²) in [5.74, 6) is -0.521. The van der Waals surface area contributed by atoms with Gasteiger partial charge in [-0.1, -0.05) is 30.3 Å². The number of nitrogens with zero attached hydrogens (tertiary/aromatic N) is 3. The Balaban J connectivity index is 1.40. The van der Waals surface area contributed by atoms with Crippen LogP contribution in [0.5, 0.6) is 5.75 Å². The topological polar surface area (TPSA) is 111 Å². The molecule has 0 bridgehead atoms. The van der Waals surface area contributed by atoms with E-state index in [0.29, 0.717) is 30.6 Å². The SMILES string of the molecule is O=C(NCC1Cc2ccccc2CN1C(=O)c1cncc(O)c1)c1cccc2[nH]ncc12. The van der Waals surface area contributed by atoms with Gasteiger partial charge in [-0.05, 0) is 35.7 Å². The molecule has 1 unspecified atom stereocenters. The number of nitrogens with one attached hydrogen (secondary N) is 2. The average Bonchev–Trinajstić information content (AvgIpc) is 3.30. The molecule has 2 aromatic heterocycles. The Morgan fingerprint density at radius 2 is 1.94 bits per heavy atom. The molecular formula is C24H21N5O3. The van der Waals surface area contributed by atoms with Crippen LogP contribution in [0.4, 0.5) is 0 Å². The maximum absolute atomic E-state index is 13.3. The van der Waals surface area contributed by atoms with Crippen LogP contribution in [0.25, 0.3) is 10.9 Å². The summed E-state index contributed by atoms with van der Waals surface area (Å²) >= 11 is 0. The maximum atomic E-state index is 13.3. The largest absolute Gasteiger partial charge is 0.506 e. The number of amides is 2. The van der Waals surface area contributed by atoms with Crippen molar-refractivity contribution in [3.8, 4) is 5.75 Å². The number of hydrogen-bond acceptors (Lipinski definition) is 5. The number of benzene rings is 2. The van der Waals surface area contributed by atoms with E-state index in [-0.39, 0.29) is 23.6 Å². The molecule has 1 aliphatic heterocycles. The van der Waals surface area contributed by atoms with Gasteiger partial charge in [0.05, 0.1) is 35.1 Å². The van der Waals surface area contributed by atoms with E-state index >= 15 is 0 Å². The lowest BCUT2D eigenvalue weighted by molar-refractivity contribution is 0.0628. The van der Waals surface area contributed by atoms with Crippen molar-refractivity contribution in [3.05, 3.63) is 89.4 Å². The Kier molecular flexibility index (Phi) is 5.03. The molecule has 0 spiro atoms. The number of aromatic hydroxyl groups is 1. The Hall–Kier alpha value is -4.20. The lowest BCUT2D eigenvalue weighted by Gasteiger charge is -2.37. The number of H-pyrrole nitrogens is 1. The van der Waals surface area contributed by atoms with Crippen LogP contribution in [0.15, 0.2) is 67.1 Å². The molecule has 2 amide bonds. The molecule has 0 fully saturated rings. The van der Waals surface area contributed by atoms with Gasteiger partial charge in [0.1, 0.15) is 5.75 Å². The summed E-state index contributed by atoms with van der Waals surface area (Å²) in [5, 5.41) is 20.4. The number of hydrogen-bond donors (Lipinski definition) is 3. The predicted molar refractivity (Wildman–Crippen MR) is 118 cm³/mol. The van der Waals surface area contributed by atoms with Crippen LogP contribution in [0, 0.1) is 0 Å². The van der Waals surface area contributed by atoms with Crippen LogP contribution in [-0.2, 0) is 13.0 Å². The molecule has 32 heavy (non-hydrogen) atoms. The van der Waals surface area contributed by atoms with E-state index in [1.807, 2.05) is 30.3 Å². The van der Waals surface area contributed by atoms with Gasteiger partial charge in [0.25, 0.3) is 11.8 Å². The molecule has 3 N–H and O–H groups in total. The molecule has 160 valence electrons. The summed E-state index contributed by atoms with van der Waals surface area (Å²) in [6.45, 7) is 0.710. The van der Waals surface area contributed by atoms with Crippen molar-refractivity contribution in [2.75, 3.05) is 6.54 Å². The zero-order valence-electron chi connectivity index (χ0n) is 17.2. The van der Waals surface area contributed by atoms with E-state index in [4.69, 9.17) is 0 Å². The van der Waals surface area contributed by atoms with Crippen molar-refractivity contribution in [2.45, 2.75) is 19.0 Å². The van der Waals surface area contributed by atoms with Crippen LogP contribution in [0.2, 0.25) is 0 Å². The van der Waals surface area contributed by atoms with Gasteiger partial charge in [0.15, 0.2) is 0 Å². The zero-order chi connectivity index (χ0) is 22.1. The lowest BCUT2D eigenvalue weighted by Crippen LogP contribution is -2.50. The van der Waals surface area contributed by atoms with Crippen molar-refractivity contribution in [3.63, 3.8) is 0 Å². The van der Waals surface area contributed by atoms with Gasteiger partial charge in [-0.25, -0.2) is 0 Å². The summed E-state index contributed by atoms with van der Waals surface area (Å²) in [6, 6.07) is 14.6. The Bertz CT molecular complexity index is 1320. The second-order valence-electron chi connectivity index (χ2n) is 7.84. The van der Waals surface area contributed by atoms with E-state index in [1.165, 1.54) is 18.5 Å². The predicted octanol–water partition coefficient (Wildman–Crippen LogP) is 2.66. The first-order valence-corrected chi connectivity index (χ1v) is 10.3. The minimum Gasteiger partial charge on any atom is -0.506 e. The maximum Gasteiger partial charge on any atom is 0.256 e.